The average Bonchev–Trinajstić information content (AvgIpc) is 2.68. The van der Waals surface area contributed by atoms with Crippen molar-refractivity contribution in [2.24, 2.45) is 5.92 Å². The zero-order chi connectivity index (χ0) is 10.1. The van der Waals surface area contributed by atoms with Crippen LogP contribution in [0.15, 0.2) is 22.6 Å². The van der Waals surface area contributed by atoms with Crippen molar-refractivity contribution in [1.82, 2.24) is 0 Å². The molecule has 2 rings (SSSR count). The van der Waals surface area contributed by atoms with Crippen molar-refractivity contribution in [3.05, 3.63) is 29.7 Å². The van der Waals surface area contributed by atoms with E-state index in [1.165, 1.54) is 6.42 Å². The Bertz CT molecular complexity index is 336. The van der Waals surface area contributed by atoms with Gasteiger partial charge < -0.3 is 9.52 Å². The lowest BCUT2D eigenvalue weighted by molar-refractivity contribution is 0.245. The Hall–Kier alpha value is -1.02. The molecule has 3 atom stereocenters. The Balaban J connectivity index is 2.03. The zero-order valence-electron chi connectivity index (χ0n) is 8.60. The molecular weight excluding hydrogens is 176 g/mol. The van der Waals surface area contributed by atoms with E-state index in [9.17, 15) is 0 Å². The molecule has 1 aliphatic rings. The Morgan fingerprint density at radius 3 is 2.86 bits per heavy atom. The lowest BCUT2D eigenvalue weighted by atomic mass is 10.3. The predicted octanol–water partition coefficient (Wildman–Crippen LogP) is 2.80. The first-order valence-corrected chi connectivity index (χ1v) is 5.13. The largest absolute Gasteiger partial charge is 0.461 e. The van der Waals surface area contributed by atoms with Gasteiger partial charge in [0.15, 0.2) is 0 Å². The standard InChI is InChI=1S/C12H16O2/c1-8-7-11(8)12-6-5-10(14-12)4-3-9(2)13/h3-6,8-9,11,13H,7H2,1-2H3/b4-3+. The van der Waals surface area contributed by atoms with Crippen molar-refractivity contribution < 1.29 is 9.52 Å². The van der Waals surface area contributed by atoms with E-state index in [1.807, 2.05) is 18.2 Å². The first-order valence-electron chi connectivity index (χ1n) is 5.13. The Kier molecular flexibility index (Phi) is 2.46. The molecule has 0 aromatic carbocycles. The van der Waals surface area contributed by atoms with Crippen molar-refractivity contribution in [2.75, 3.05) is 0 Å². The van der Waals surface area contributed by atoms with Crippen molar-refractivity contribution in [3.63, 3.8) is 0 Å². The highest BCUT2D eigenvalue weighted by molar-refractivity contribution is 5.44. The fraction of sp³-hybridized carbons (Fsp3) is 0.500. The first kappa shape index (κ1) is 9.53. The summed E-state index contributed by atoms with van der Waals surface area (Å²) in [6.45, 7) is 3.96. The van der Waals surface area contributed by atoms with Gasteiger partial charge in [-0.1, -0.05) is 13.0 Å². The molecule has 2 nitrogen and oxygen atoms in total. The third-order valence-corrected chi connectivity index (χ3v) is 2.66. The maximum atomic E-state index is 9.06. The molecule has 0 spiro atoms. The van der Waals surface area contributed by atoms with E-state index in [-0.39, 0.29) is 0 Å². The minimum absolute atomic E-state index is 0.414. The van der Waals surface area contributed by atoms with Gasteiger partial charge in [0.2, 0.25) is 0 Å². The molecule has 1 aromatic rings. The normalized spacial score (nSPS) is 28.2. The van der Waals surface area contributed by atoms with Crippen molar-refractivity contribution in [3.8, 4) is 0 Å². The quantitative estimate of drug-likeness (QED) is 0.798. The molecule has 1 saturated carbocycles. The summed E-state index contributed by atoms with van der Waals surface area (Å²) in [6.07, 6.45) is 4.37. The average molecular weight is 192 g/mol. The van der Waals surface area contributed by atoms with Gasteiger partial charge in [-0.2, -0.15) is 0 Å². The number of rotatable bonds is 3. The Morgan fingerprint density at radius 1 is 1.57 bits per heavy atom. The van der Waals surface area contributed by atoms with E-state index in [4.69, 9.17) is 9.52 Å². The van der Waals surface area contributed by atoms with Gasteiger partial charge in [0.1, 0.15) is 11.5 Å². The van der Waals surface area contributed by atoms with Crippen molar-refractivity contribution in [2.45, 2.75) is 32.3 Å². The van der Waals surface area contributed by atoms with Gasteiger partial charge in [-0.3, -0.25) is 0 Å². The summed E-state index contributed by atoms with van der Waals surface area (Å²) < 4.78 is 5.63. The van der Waals surface area contributed by atoms with Crippen LogP contribution in [-0.2, 0) is 0 Å². The predicted molar refractivity (Wildman–Crippen MR) is 55.9 cm³/mol. The van der Waals surface area contributed by atoms with Gasteiger partial charge in [-0.05, 0) is 37.5 Å². The molecule has 1 heterocycles. The number of furan rings is 1. The minimum Gasteiger partial charge on any atom is -0.461 e. The van der Waals surface area contributed by atoms with Gasteiger partial charge >= 0.3 is 0 Å². The summed E-state index contributed by atoms with van der Waals surface area (Å²) in [4.78, 5) is 0. The molecule has 14 heavy (non-hydrogen) atoms. The van der Waals surface area contributed by atoms with Gasteiger partial charge in [-0.15, -0.1) is 0 Å². The number of hydrogen-bond acceptors (Lipinski definition) is 2. The van der Waals surface area contributed by atoms with Gasteiger partial charge in [-0.25, -0.2) is 0 Å². The van der Waals surface area contributed by atoms with Crippen LogP contribution in [0.1, 0.15) is 37.7 Å². The molecule has 0 saturated heterocycles. The fourth-order valence-corrected chi connectivity index (χ4v) is 1.61. The van der Waals surface area contributed by atoms with Crippen LogP contribution in [0.3, 0.4) is 0 Å². The van der Waals surface area contributed by atoms with Crippen LogP contribution < -0.4 is 0 Å². The van der Waals surface area contributed by atoms with E-state index >= 15 is 0 Å². The van der Waals surface area contributed by atoms with Crippen LogP contribution in [0.5, 0.6) is 0 Å². The van der Waals surface area contributed by atoms with Gasteiger partial charge in [0.25, 0.3) is 0 Å². The number of aliphatic hydroxyl groups excluding tert-OH is 1. The van der Waals surface area contributed by atoms with Crippen LogP contribution in [0.2, 0.25) is 0 Å². The third-order valence-electron chi connectivity index (χ3n) is 2.66. The molecule has 3 unspecified atom stereocenters. The molecule has 1 fully saturated rings. The van der Waals surface area contributed by atoms with Crippen LogP contribution in [0.4, 0.5) is 0 Å². The molecule has 0 radical (unpaired) electrons. The Labute approximate surface area is 84.2 Å². The molecule has 0 aliphatic heterocycles. The maximum absolute atomic E-state index is 9.06. The molecular formula is C12H16O2. The van der Waals surface area contributed by atoms with E-state index < -0.39 is 6.10 Å². The molecule has 2 heteroatoms. The third kappa shape index (κ3) is 2.07. The lowest BCUT2D eigenvalue weighted by Gasteiger charge is -1.92. The van der Waals surface area contributed by atoms with Gasteiger partial charge in [0, 0.05) is 5.92 Å². The fourth-order valence-electron chi connectivity index (χ4n) is 1.61. The van der Waals surface area contributed by atoms with Crippen molar-refractivity contribution >= 4 is 6.08 Å². The second kappa shape index (κ2) is 3.62. The van der Waals surface area contributed by atoms with E-state index in [1.54, 1.807) is 13.0 Å². The monoisotopic (exact) mass is 192 g/mol. The number of aliphatic hydroxyl groups is 1. The number of hydrogen-bond donors (Lipinski definition) is 1. The summed E-state index contributed by atoms with van der Waals surface area (Å²) in [5.41, 5.74) is 0. The van der Waals surface area contributed by atoms with E-state index in [0.29, 0.717) is 5.92 Å². The maximum Gasteiger partial charge on any atom is 0.126 e. The summed E-state index contributed by atoms with van der Waals surface area (Å²) in [5, 5.41) is 9.06. The first-order chi connectivity index (χ1) is 6.66. The SMILES string of the molecule is CC(O)/C=C/c1ccc(C2CC2C)o1. The molecule has 1 aliphatic carbocycles. The smallest absolute Gasteiger partial charge is 0.126 e. The molecule has 0 bridgehead atoms. The van der Waals surface area contributed by atoms with Gasteiger partial charge in [0.05, 0.1) is 6.10 Å². The second-order valence-corrected chi connectivity index (χ2v) is 4.16. The van der Waals surface area contributed by atoms with E-state index in [2.05, 4.69) is 6.92 Å². The highest BCUT2D eigenvalue weighted by Gasteiger charge is 2.36. The molecule has 1 aromatic heterocycles. The summed E-state index contributed by atoms with van der Waals surface area (Å²) in [6, 6.07) is 4.00. The lowest BCUT2D eigenvalue weighted by Crippen LogP contribution is -1.90. The summed E-state index contributed by atoms with van der Waals surface area (Å²) in [7, 11) is 0. The molecule has 76 valence electrons. The second-order valence-electron chi connectivity index (χ2n) is 4.16. The zero-order valence-corrected chi connectivity index (χ0v) is 8.60. The highest BCUT2D eigenvalue weighted by Crippen LogP contribution is 2.47. The van der Waals surface area contributed by atoms with Crippen molar-refractivity contribution in [1.29, 1.82) is 0 Å². The molecule has 1 N–H and O–H groups in total. The summed E-state index contributed by atoms with van der Waals surface area (Å²) >= 11 is 0. The molecule has 0 amide bonds. The van der Waals surface area contributed by atoms with Crippen LogP contribution in [0.25, 0.3) is 6.08 Å². The van der Waals surface area contributed by atoms with Crippen LogP contribution in [0, 0.1) is 5.92 Å². The van der Waals surface area contributed by atoms with E-state index in [0.717, 1.165) is 17.4 Å². The van der Waals surface area contributed by atoms with Crippen LogP contribution in [-0.4, -0.2) is 11.2 Å². The summed E-state index contributed by atoms with van der Waals surface area (Å²) in [5.74, 6) is 3.32. The van der Waals surface area contributed by atoms with Crippen LogP contribution >= 0.6 is 0 Å². The highest BCUT2D eigenvalue weighted by atomic mass is 16.3. The minimum atomic E-state index is -0.414. The topological polar surface area (TPSA) is 33.4 Å². The Morgan fingerprint density at radius 2 is 2.29 bits per heavy atom.